The van der Waals surface area contributed by atoms with Gasteiger partial charge in [0.05, 0.1) is 0 Å². The number of thiazole rings is 1. The van der Waals surface area contributed by atoms with E-state index >= 15 is 0 Å². The number of aryl methyl sites for hydroxylation is 1. The third-order valence-electron chi connectivity index (χ3n) is 2.25. The third-order valence-corrected chi connectivity index (χ3v) is 3.08. The molecule has 1 unspecified atom stereocenters. The quantitative estimate of drug-likeness (QED) is 0.805. The predicted molar refractivity (Wildman–Crippen MR) is 62.9 cm³/mol. The molecule has 0 aliphatic carbocycles. The molecule has 0 fully saturated rings. The highest BCUT2D eigenvalue weighted by atomic mass is 32.1. The molecule has 1 rings (SSSR count). The number of carbonyl (C=O) groups is 1. The minimum atomic E-state index is 0.00153. The maximum Gasteiger partial charge on any atom is 0.226 e. The molecule has 0 saturated carbocycles. The van der Waals surface area contributed by atoms with Gasteiger partial charge in [-0.25, -0.2) is 4.98 Å². The van der Waals surface area contributed by atoms with E-state index < -0.39 is 0 Å². The van der Waals surface area contributed by atoms with E-state index in [-0.39, 0.29) is 11.8 Å². The molecule has 4 nitrogen and oxygen atoms in total. The van der Waals surface area contributed by atoms with Crippen molar-refractivity contribution in [2.24, 2.45) is 11.7 Å². The first-order valence-corrected chi connectivity index (χ1v) is 5.89. The molecule has 3 N–H and O–H groups in total. The van der Waals surface area contributed by atoms with E-state index in [1.807, 2.05) is 13.8 Å². The van der Waals surface area contributed by atoms with Crippen LogP contribution in [0.25, 0.3) is 0 Å². The molecule has 0 bridgehead atoms. The third kappa shape index (κ3) is 3.97. The zero-order valence-electron chi connectivity index (χ0n) is 9.12. The van der Waals surface area contributed by atoms with Gasteiger partial charge in [0.25, 0.3) is 0 Å². The fraction of sp³-hybridized carbons (Fsp3) is 0.600. The van der Waals surface area contributed by atoms with Crippen molar-refractivity contribution in [2.45, 2.75) is 26.7 Å². The highest BCUT2D eigenvalue weighted by Crippen LogP contribution is 2.17. The van der Waals surface area contributed by atoms with Crippen molar-refractivity contribution in [3.05, 3.63) is 11.1 Å². The summed E-state index contributed by atoms with van der Waals surface area (Å²) in [6, 6.07) is 0. The number of carbonyl (C=O) groups excluding carboxylic acids is 1. The van der Waals surface area contributed by atoms with Gasteiger partial charge < -0.3 is 11.1 Å². The molecule has 0 aliphatic heterocycles. The Bertz CT molecular complexity index is 320. The minimum Gasteiger partial charge on any atom is -0.330 e. The first kappa shape index (κ1) is 12.1. The Labute approximate surface area is 93.9 Å². The van der Waals surface area contributed by atoms with Crippen molar-refractivity contribution < 1.29 is 4.79 Å². The maximum absolute atomic E-state index is 11.5. The van der Waals surface area contributed by atoms with Crippen LogP contribution in [0.3, 0.4) is 0 Å². The number of anilines is 1. The van der Waals surface area contributed by atoms with Crippen molar-refractivity contribution >= 4 is 22.4 Å². The van der Waals surface area contributed by atoms with Gasteiger partial charge in [-0.15, -0.1) is 11.3 Å². The second-order valence-electron chi connectivity index (χ2n) is 3.54. The van der Waals surface area contributed by atoms with Gasteiger partial charge in [-0.2, -0.15) is 0 Å². The van der Waals surface area contributed by atoms with Crippen LogP contribution in [-0.4, -0.2) is 17.4 Å². The monoisotopic (exact) mass is 227 g/mol. The lowest BCUT2D eigenvalue weighted by atomic mass is 10.0. The Morgan fingerprint density at radius 2 is 2.47 bits per heavy atom. The second-order valence-corrected chi connectivity index (χ2v) is 4.77. The molecule has 1 amide bonds. The Kier molecular flexibility index (Phi) is 4.71. The molecule has 0 aromatic carbocycles. The Morgan fingerprint density at radius 1 is 1.73 bits per heavy atom. The lowest BCUT2D eigenvalue weighted by molar-refractivity contribution is -0.117. The Balaban J connectivity index is 2.42. The fourth-order valence-corrected chi connectivity index (χ4v) is 1.92. The minimum absolute atomic E-state index is 0.00153. The summed E-state index contributed by atoms with van der Waals surface area (Å²) in [6.45, 7) is 4.56. The molecular weight excluding hydrogens is 210 g/mol. The van der Waals surface area contributed by atoms with E-state index in [4.69, 9.17) is 5.73 Å². The van der Waals surface area contributed by atoms with E-state index in [2.05, 4.69) is 10.3 Å². The van der Waals surface area contributed by atoms with Gasteiger partial charge in [-0.05, 0) is 19.4 Å². The van der Waals surface area contributed by atoms with Crippen LogP contribution in [-0.2, 0) is 4.79 Å². The smallest absolute Gasteiger partial charge is 0.226 e. The molecule has 15 heavy (non-hydrogen) atoms. The summed E-state index contributed by atoms with van der Waals surface area (Å²) in [4.78, 5) is 16.7. The van der Waals surface area contributed by atoms with Crippen LogP contribution in [0.15, 0.2) is 6.20 Å². The van der Waals surface area contributed by atoms with Crippen molar-refractivity contribution in [1.82, 2.24) is 4.98 Å². The SMILES string of the molecule is CCC(CN)CC(=O)Nc1ncc(C)s1. The Morgan fingerprint density at radius 3 is 2.93 bits per heavy atom. The van der Waals surface area contributed by atoms with Gasteiger partial charge in [-0.3, -0.25) is 4.79 Å². The normalized spacial score (nSPS) is 12.5. The lowest BCUT2D eigenvalue weighted by Crippen LogP contribution is -2.21. The van der Waals surface area contributed by atoms with E-state index in [1.165, 1.54) is 11.3 Å². The number of hydrogen-bond acceptors (Lipinski definition) is 4. The molecule has 84 valence electrons. The number of nitrogens with one attached hydrogen (secondary N) is 1. The van der Waals surface area contributed by atoms with Gasteiger partial charge in [0.1, 0.15) is 0 Å². The van der Waals surface area contributed by atoms with Gasteiger partial charge in [0.15, 0.2) is 5.13 Å². The number of aromatic nitrogens is 1. The molecular formula is C10H17N3OS. The first-order valence-electron chi connectivity index (χ1n) is 5.08. The second kappa shape index (κ2) is 5.82. The van der Waals surface area contributed by atoms with Crippen LogP contribution >= 0.6 is 11.3 Å². The van der Waals surface area contributed by atoms with Gasteiger partial charge in [-0.1, -0.05) is 13.3 Å². The van der Waals surface area contributed by atoms with Gasteiger partial charge in [0, 0.05) is 17.5 Å². The van der Waals surface area contributed by atoms with E-state index in [9.17, 15) is 4.79 Å². The molecule has 1 atom stereocenters. The van der Waals surface area contributed by atoms with Crippen LogP contribution in [0.2, 0.25) is 0 Å². The molecule has 5 heteroatoms. The molecule has 0 spiro atoms. The molecule has 1 heterocycles. The van der Waals surface area contributed by atoms with Crippen molar-refractivity contribution in [3.63, 3.8) is 0 Å². The van der Waals surface area contributed by atoms with Crippen molar-refractivity contribution in [1.29, 1.82) is 0 Å². The van der Waals surface area contributed by atoms with Crippen molar-refractivity contribution in [3.8, 4) is 0 Å². The summed E-state index contributed by atoms with van der Waals surface area (Å²) >= 11 is 1.48. The summed E-state index contributed by atoms with van der Waals surface area (Å²) < 4.78 is 0. The maximum atomic E-state index is 11.5. The van der Waals surface area contributed by atoms with Crippen LogP contribution in [0.4, 0.5) is 5.13 Å². The number of hydrogen-bond donors (Lipinski definition) is 2. The zero-order chi connectivity index (χ0) is 11.3. The molecule has 0 aliphatic rings. The summed E-state index contributed by atoms with van der Waals surface area (Å²) in [7, 11) is 0. The van der Waals surface area contributed by atoms with Crippen LogP contribution < -0.4 is 11.1 Å². The number of amides is 1. The highest BCUT2D eigenvalue weighted by Gasteiger charge is 2.11. The van der Waals surface area contributed by atoms with Gasteiger partial charge >= 0.3 is 0 Å². The van der Waals surface area contributed by atoms with E-state index in [0.29, 0.717) is 18.1 Å². The van der Waals surface area contributed by atoms with E-state index in [1.54, 1.807) is 6.20 Å². The topological polar surface area (TPSA) is 68.0 Å². The predicted octanol–water partition coefficient (Wildman–Crippen LogP) is 1.77. The first-order chi connectivity index (χ1) is 7.15. The largest absolute Gasteiger partial charge is 0.330 e. The molecule has 1 aromatic rings. The fourth-order valence-electron chi connectivity index (χ4n) is 1.24. The zero-order valence-corrected chi connectivity index (χ0v) is 9.93. The van der Waals surface area contributed by atoms with E-state index in [0.717, 1.165) is 11.3 Å². The Hall–Kier alpha value is -0.940. The number of nitrogens with two attached hydrogens (primary N) is 1. The summed E-state index contributed by atoms with van der Waals surface area (Å²) in [6.07, 6.45) is 3.16. The molecule has 0 saturated heterocycles. The average molecular weight is 227 g/mol. The highest BCUT2D eigenvalue weighted by molar-refractivity contribution is 7.15. The summed E-state index contributed by atoms with van der Waals surface area (Å²) in [5, 5.41) is 3.45. The molecule has 1 aromatic heterocycles. The van der Waals surface area contributed by atoms with Crippen LogP contribution in [0.5, 0.6) is 0 Å². The number of nitrogens with zero attached hydrogens (tertiary/aromatic N) is 1. The summed E-state index contributed by atoms with van der Waals surface area (Å²) in [5.74, 6) is 0.271. The summed E-state index contributed by atoms with van der Waals surface area (Å²) in [5.41, 5.74) is 5.54. The standard InChI is InChI=1S/C10H17N3OS/c1-3-8(5-11)4-9(14)13-10-12-6-7(2)15-10/h6,8H,3-5,11H2,1-2H3,(H,12,13,14). The average Bonchev–Trinajstić information content (AvgIpc) is 2.60. The lowest BCUT2D eigenvalue weighted by Gasteiger charge is -2.10. The van der Waals surface area contributed by atoms with Crippen LogP contribution in [0, 0.1) is 12.8 Å². The van der Waals surface area contributed by atoms with Crippen LogP contribution in [0.1, 0.15) is 24.6 Å². The van der Waals surface area contributed by atoms with Gasteiger partial charge in [0.2, 0.25) is 5.91 Å². The number of rotatable bonds is 5. The van der Waals surface area contributed by atoms with Crippen molar-refractivity contribution in [2.75, 3.05) is 11.9 Å². The molecule has 0 radical (unpaired) electrons.